The van der Waals surface area contributed by atoms with E-state index in [1.54, 1.807) is 7.11 Å². The Hall–Kier alpha value is -0.810. The summed E-state index contributed by atoms with van der Waals surface area (Å²) in [5.74, 6) is 0. The van der Waals surface area contributed by atoms with E-state index in [0.717, 1.165) is 45.3 Å². The fraction of sp³-hybridized carbons (Fsp3) is 0.941. The fourth-order valence-corrected chi connectivity index (χ4v) is 3.71. The molecule has 2 saturated carbocycles. The topological polar surface area (TPSA) is 70.6 Å². The maximum Gasteiger partial charge on any atom is 0.314 e. The number of carbonyl (C=O) groups is 1. The van der Waals surface area contributed by atoms with Gasteiger partial charge >= 0.3 is 6.03 Å². The summed E-state index contributed by atoms with van der Waals surface area (Å²) in [6, 6.07) is -0.109. The Bertz CT molecular complexity index is 371. The van der Waals surface area contributed by atoms with E-state index in [4.69, 9.17) is 4.74 Å². The van der Waals surface area contributed by atoms with Crippen LogP contribution in [-0.2, 0) is 4.74 Å². The molecule has 2 amide bonds. The van der Waals surface area contributed by atoms with Crippen LogP contribution in [0.3, 0.4) is 0 Å². The van der Waals surface area contributed by atoms with Crippen molar-refractivity contribution in [3.8, 4) is 0 Å². The van der Waals surface area contributed by atoms with Crippen LogP contribution in [0.15, 0.2) is 0 Å². The molecule has 0 aromatic heterocycles. The molecule has 0 saturated heterocycles. The second-order valence-corrected chi connectivity index (χ2v) is 7.55. The number of carbonyl (C=O) groups excluding carboxylic acids is 1. The summed E-state index contributed by atoms with van der Waals surface area (Å²) in [6.45, 7) is 4.10. The molecule has 2 fully saturated rings. The lowest BCUT2D eigenvalue weighted by molar-refractivity contribution is 0.00292. The third-order valence-electron chi connectivity index (χ3n) is 5.81. The summed E-state index contributed by atoms with van der Waals surface area (Å²) in [6.07, 6.45) is 8.35. The van der Waals surface area contributed by atoms with Gasteiger partial charge in [-0.1, -0.05) is 26.2 Å². The molecule has 22 heavy (non-hydrogen) atoms. The summed E-state index contributed by atoms with van der Waals surface area (Å²) in [4.78, 5) is 12.1. The maximum atomic E-state index is 12.1. The highest BCUT2D eigenvalue weighted by Gasteiger charge is 2.38. The van der Waals surface area contributed by atoms with E-state index in [0.29, 0.717) is 6.54 Å². The first-order chi connectivity index (χ1) is 10.5. The number of aliphatic hydroxyl groups is 1. The molecule has 0 bridgehead atoms. The van der Waals surface area contributed by atoms with E-state index < -0.39 is 0 Å². The average molecular weight is 312 g/mol. The molecule has 0 aromatic carbocycles. The summed E-state index contributed by atoms with van der Waals surface area (Å²) >= 11 is 0. The molecule has 2 aliphatic rings. The zero-order valence-electron chi connectivity index (χ0n) is 14.1. The van der Waals surface area contributed by atoms with Crippen molar-refractivity contribution in [1.29, 1.82) is 0 Å². The van der Waals surface area contributed by atoms with Gasteiger partial charge in [0.15, 0.2) is 0 Å². The van der Waals surface area contributed by atoms with E-state index >= 15 is 0 Å². The minimum atomic E-state index is -0.304. The molecule has 5 nitrogen and oxygen atoms in total. The van der Waals surface area contributed by atoms with E-state index in [1.807, 2.05) is 0 Å². The minimum absolute atomic E-state index is 0.109. The molecule has 0 heterocycles. The highest BCUT2D eigenvalue weighted by atomic mass is 16.5. The van der Waals surface area contributed by atoms with Gasteiger partial charge in [-0.05, 0) is 37.5 Å². The molecule has 2 aliphatic carbocycles. The van der Waals surface area contributed by atoms with E-state index in [-0.39, 0.29) is 23.0 Å². The van der Waals surface area contributed by atoms with Gasteiger partial charge in [-0.25, -0.2) is 4.79 Å². The fourth-order valence-electron chi connectivity index (χ4n) is 3.71. The highest BCUT2D eigenvalue weighted by Crippen LogP contribution is 2.43. The van der Waals surface area contributed by atoms with Crippen LogP contribution in [0.25, 0.3) is 0 Å². The number of hydrogen-bond donors (Lipinski definition) is 3. The van der Waals surface area contributed by atoms with Crippen LogP contribution in [0.4, 0.5) is 4.79 Å². The number of amides is 2. The Morgan fingerprint density at radius 3 is 2.50 bits per heavy atom. The molecule has 0 aromatic rings. The van der Waals surface area contributed by atoms with Gasteiger partial charge in [0.05, 0.1) is 6.10 Å². The van der Waals surface area contributed by atoms with Gasteiger partial charge in [-0.3, -0.25) is 0 Å². The van der Waals surface area contributed by atoms with E-state index in [9.17, 15) is 9.90 Å². The maximum absolute atomic E-state index is 12.1. The molecule has 3 N–H and O–H groups in total. The summed E-state index contributed by atoms with van der Waals surface area (Å²) in [7, 11) is 1.72. The van der Waals surface area contributed by atoms with Crippen LogP contribution in [-0.4, -0.2) is 44.0 Å². The lowest BCUT2D eigenvalue weighted by atomic mass is 9.67. The normalized spacial score (nSPS) is 30.4. The molecular formula is C17H32N2O3. The predicted molar refractivity (Wildman–Crippen MR) is 86.8 cm³/mol. The van der Waals surface area contributed by atoms with Crippen LogP contribution in [0.5, 0.6) is 0 Å². The first-order valence-corrected chi connectivity index (χ1v) is 8.68. The molecule has 0 spiro atoms. The number of rotatable bonds is 7. The molecular weight excluding hydrogens is 280 g/mol. The second kappa shape index (κ2) is 7.64. The lowest BCUT2D eigenvalue weighted by Crippen LogP contribution is -2.50. The third kappa shape index (κ3) is 4.35. The van der Waals surface area contributed by atoms with Gasteiger partial charge in [-0.15, -0.1) is 0 Å². The zero-order chi connectivity index (χ0) is 16.1. The van der Waals surface area contributed by atoms with Gasteiger partial charge in [0.2, 0.25) is 0 Å². The van der Waals surface area contributed by atoms with Gasteiger partial charge in [0.1, 0.15) is 0 Å². The second-order valence-electron chi connectivity index (χ2n) is 7.55. The number of ether oxygens (including phenoxy) is 1. The Morgan fingerprint density at radius 2 is 1.91 bits per heavy atom. The van der Waals surface area contributed by atoms with Crippen LogP contribution >= 0.6 is 0 Å². The van der Waals surface area contributed by atoms with Crippen molar-refractivity contribution in [2.24, 2.45) is 10.8 Å². The Morgan fingerprint density at radius 1 is 1.18 bits per heavy atom. The molecule has 2 rings (SSSR count). The highest BCUT2D eigenvalue weighted by molar-refractivity contribution is 5.73. The van der Waals surface area contributed by atoms with Crippen molar-refractivity contribution in [3.63, 3.8) is 0 Å². The largest absolute Gasteiger partial charge is 0.392 e. The Balaban J connectivity index is 1.71. The zero-order valence-corrected chi connectivity index (χ0v) is 14.1. The van der Waals surface area contributed by atoms with Gasteiger partial charge in [-0.2, -0.15) is 0 Å². The number of urea groups is 1. The van der Waals surface area contributed by atoms with Crippen LogP contribution in [0.1, 0.15) is 58.3 Å². The van der Waals surface area contributed by atoms with Crippen molar-refractivity contribution >= 4 is 6.03 Å². The molecule has 5 heteroatoms. The van der Waals surface area contributed by atoms with Crippen molar-refractivity contribution in [1.82, 2.24) is 10.6 Å². The van der Waals surface area contributed by atoms with Crippen molar-refractivity contribution in [3.05, 3.63) is 0 Å². The number of methoxy groups -OCH3 is 1. The monoisotopic (exact) mass is 312 g/mol. The average Bonchev–Trinajstić information content (AvgIpc) is 2.47. The summed E-state index contributed by atoms with van der Waals surface area (Å²) in [5, 5.41) is 16.1. The van der Waals surface area contributed by atoms with Crippen molar-refractivity contribution in [2.45, 2.75) is 64.4 Å². The first kappa shape index (κ1) is 17.5. The summed E-state index contributed by atoms with van der Waals surface area (Å²) < 4.78 is 5.18. The lowest BCUT2D eigenvalue weighted by Gasteiger charge is -2.42. The van der Waals surface area contributed by atoms with Crippen LogP contribution < -0.4 is 10.6 Å². The van der Waals surface area contributed by atoms with Crippen molar-refractivity contribution < 1.29 is 14.6 Å². The molecule has 2 atom stereocenters. The first-order valence-electron chi connectivity index (χ1n) is 8.68. The number of hydrogen-bond acceptors (Lipinski definition) is 3. The molecule has 128 valence electrons. The minimum Gasteiger partial charge on any atom is -0.392 e. The third-order valence-corrected chi connectivity index (χ3v) is 5.81. The molecule has 2 unspecified atom stereocenters. The molecule has 0 radical (unpaired) electrons. The van der Waals surface area contributed by atoms with Crippen molar-refractivity contribution in [2.75, 3.05) is 26.8 Å². The van der Waals surface area contributed by atoms with Gasteiger partial charge in [0, 0.05) is 32.2 Å². The predicted octanol–water partition coefficient (Wildman–Crippen LogP) is 2.43. The van der Waals surface area contributed by atoms with Crippen LogP contribution in [0.2, 0.25) is 0 Å². The number of aliphatic hydroxyl groups excluding tert-OH is 1. The van der Waals surface area contributed by atoms with Gasteiger partial charge in [0.25, 0.3) is 0 Å². The quantitative estimate of drug-likeness (QED) is 0.676. The van der Waals surface area contributed by atoms with E-state index in [1.165, 1.54) is 19.3 Å². The Kier molecular flexibility index (Phi) is 6.09. The molecule has 0 aliphatic heterocycles. The van der Waals surface area contributed by atoms with E-state index in [2.05, 4.69) is 17.6 Å². The van der Waals surface area contributed by atoms with Crippen LogP contribution in [0, 0.1) is 10.8 Å². The Labute approximate surface area is 134 Å². The van der Waals surface area contributed by atoms with Gasteiger partial charge < -0.3 is 20.5 Å². The standard InChI is InChI=1S/C17H32N2O3/c1-16(7-4-3-6-14(16)20)12-18-15(21)19-13-17(8-5-9-17)10-11-22-2/h14,20H,3-13H2,1-2H3,(H2,18,19,21). The summed E-state index contributed by atoms with van der Waals surface area (Å²) in [5.41, 5.74) is 0.0569. The SMILES string of the molecule is COCCC1(CNC(=O)NCC2(C)CCCCC2O)CCC1. The smallest absolute Gasteiger partial charge is 0.314 e. The number of nitrogens with one attached hydrogen (secondary N) is 2.